The number of anilines is 1. The average molecular weight is 434 g/mol. The van der Waals surface area contributed by atoms with Gasteiger partial charge in [0, 0.05) is 13.1 Å². The Kier molecular flexibility index (Phi) is 6.36. The molecule has 0 radical (unpaired) electrons. The summed E-state index contributed by atoms with van der Waals surface area (Å²) in [5.74, 6) is -1.25. The van der Waals surface area contributed by atoms with Crippen LogP contribution in [0.2, 0.25) is 0 Å². The third kappa shape index (κ3) is 4.95. The smallest absolute Gasteiger partial charge is 0.395 e. The van der Waals surface area contributed by atoms with E-state index >= 15 is 0 Å². The number of carbonyl (C=O) groups excluding carboxylic acids is 2. The lowest BCUT2D eigenvalue weighted by molar-refractivity contribution is -0.138. The molecule has 1 heterocycles. The van der Waals surface area contributed by atoms with Gasteiger partial charge in [0.25, 0.3) is 11.8 Å². The largest absolute Gasteiger partial charge is 0.416 e. The van der Waals surface area contributed by atoms with E-state index in [0.717, 1.165) is 11.6 Å². The Labute approximate surface area is 174 Å². The van der Waals surface area contributed by atoms with Gasteiger partial charge in [-0.1, -0.05) is 48.5 Å². The predicted octanol–water partition coefficient (Wildman–Crippen LogP) is 3.60. The number of hydrogen-bond donors (Lipinski definition) is 3. The number of rotatable bonds is 6. The second-order valence-corrected chi connectivity index (χ2v) is 7.05. The molecular formula is C20H17F3N4O2S. The quantitative estimate of drug-likeness (QED) is 0.552. The van der Waals surface area contributed by atoms with Crippen LogP contribution in [0.1, 0.15) is 36.9 Å². The molecule has 4 N–H and O–H groups in total. The van der Waals surface area contributed by atoms with Gasteiger partial charge in [-0.05, 0) is 28.7 Å². The Balaban J connectivity index is 1.66. The Morgan fingerprint density at radius 3 is 2.27 bits per heavy atom. The Bertz CT molecular complexity index is 1050. The fourth-order valence-electron chi connectivity index (χ4n) is 2.69. The highest BCUT2D eigenvalue weighted by atomic mass is 32.1. The Morgan fingerprint density at radius 1 is 0.933 bits per heavy atom. The van der Waals surface area contributed by atoms with Gasteiger partial charge in [0.15, 0.2) is 5.69 Å². The first-order chi connectivity index (χ1) is 14.3. The molecule has 0 fully saturated rings. The maximum atomic E-state index is 13.1. The molecular weight excluding hydrogens is 417 g/mol. The lowest BCUT2D eigenvalue weighted by atomic mass is 10.1. The number of nitrogens with two attached hydrogens (primary N) is 1. The van der Waals surface area contributed by atoms with Crippen LogP contribution in [-0.2, 0) is 19.3 Å². The van der Waals surface area contributed by atoms with Crippen molar-refractivity contribution in [3.05, 3.63) is 81.9 Å². The minimum Gasteiger partial charge on any atom is -0.395 e. The molecule has 0 aliphatic carbocycles. The number of nitrogens with one attached hydrogen (secondary N) is 2. The van der Waals surface area contributed by atoms with Crippen molar-refractivity contribution >= 4 is 29.0 Å². The minimum absolute atomic E-state index is 0.0376. The van der Waals surface area contributed by atoms with Crippen molar-refractivity contribution in [1.82, 2.24) is 15.0 Å². The van der Waals surface area contributed by atoms with E-state index in [1.807, 2.05) is 30.3 Å². The number of amides is 2. The van der Waals surface area contributed by atoms with Crippen LogP contribution in [0.5, 0.6) is 0 Å². The summed E-state index contributed by atoms with van der Waals surface area (Å²) in [5.41, 5.74) is 5.63. The van der Waals surface area contributed by atoms with Crippen molar-refractivity contribution in [2.45, 2.75) is 19.3 Å². The molecule has 0 saturated heterocycles. The Morgan fingerprint density at radius 2 is 1.57 bits per heavy atom. The molecule has 30 heavy (non-hydrogen) atoms. The van der Waals surface area contributed by atoms with Crippen LogP contribution in [0, 0.1) is 0 Å². The maximum absolute atomic E-state index is 13.1. The molecule has 0 aliphatic heterocycles. The van der Waals surface area contributed by atoms with Crippen LogP contribution in [0.4, 0.5) is 18.9 Å². The van der Waals surface area contributed by atoms with Crippen LogP contribution in [-0.4, -0.2) is 16.2 Å². The zero-order valence-corrected chi connectivity index (χ0v) is 16.3. The maximum Gasteiger partial charge on any atom is 0.416 e. The molecule has 10 heteroatoms. The topological polar surface area (TPSA) is 97.1 Å². The third-order valence-corrected chi connectivity index (χ3v) is 5.07. The summed E-state index contributed by atoms with van der Waals surface area (Å²) >= 11 is 0.709. The second kappa shape index (κ2) is 8.95. The molecule has 3 rings (SSSR count). The van der Waals surface area contributed by atoms with Crippen molar-refractivity contribution in [2.75, 3.05) is 5.73 Å². The van der Waals surface area contributed by atoms with Crippen molar-refractivity contribution < 1.29 is 22.8 Å². The number of alkyl halides is 3. The molecule has 0 saturated carbocycles. The fraction of sp³-hybridized carbons (Fsp3) is 0.150. The van der Waals surface area contributed by atoms with Gasteiger partial charge in [0.1, 0.15) is 4.88 Å². The van der Waals surface area contributed by atoms with Crippen LogP contribution in [0.25, 0.3) is 0 Å². The highest BCUT2D eigenvalue weighted by Crippen LogP contribution is 2.32. The second-order valence-electron chi connectivity index (χ2n) is 6.28. The van der Waals surface area contributed by atoms with Crippen LogP contribution < -0.4 is 16.4 Å². The molecule has 0 spiro atoms. The molecule has 0 unspecified atom stereocenters. The van der Waals surface area contributed by atoms with Gasteiger partial charge in [0.2, 0.25) is 0 Å². The average Bonchev–Trinajstić information content (AvgIpc) is 3.12. The summed E-state index contributed by atoms with van der Waals surface area (Å²) in [6, 6.07) is 14.1. The van der Waals surface area contributed by atoms with E-state index in [0.29, 0.717) is 11.5 Å². The van der Waals surface area contributed by atoms with E-state index in [1.165, 1.54) is 18.2 Å². The highest BCUT2D eigenvalue weighted by Gasteiger charge is 2.33. The summed E-state index contributed by atoms with van der Waals surface area (Å²) in [4.78, 5) is 24.6. The summed E-state index contributed by atoms with van der Waals surface area (Å²) < 4.78 is 43.1. The number of nitrogens with zero attached hydrogens (tertiary/aromatic N) is 1. The van der Waals surface area contributed by atoms with Gasteiger partial charge in [-0.25, -0.2) is 0 Å². The zero-order chi connectivity index (χ0) is 21.7. The van der Waals surface area contributed by atoms with E-state index in [1.54, 1.807) is 0 Å². The van der Waals surface area contributed by atoms with Gasteiger partial charge in [-0.15, -0.1) is 0 Å². The number of nitrogen functional groups attached to an aromatic ring is 1. The first-order valence-electron chi connectivity index (χ1n) is 8.78. The first kappa shape index (κ1) is 21.3. The zero-order valence-electron chi connectivity index (χ0n) is 15.5. The summed E-state index contributed by atoms with van der Waals surface area (Å²) in [5, 5.41) is 5.06. The summed E-state index contributed by atoms with van der Waals surface area (Å²) in [7, 11) is 0. The predicted molar refractivity (Wildman–Crippen MR) is 107 cm³/mol. The number of halogens is 3. The lowest BCUT2D eigenvalue weighted by Crippen LogP contribution is -2.26. The van der Waals surface area contributed by atoms with Gasteiger partial charge in [-0.2, -0.15) is 17.5 Å². The number of hydrogen-bond acceptors (Lipinski definition) is 5. The van der Waals surface area contributed by atoms with Crippen LogP contribution >= 0.6 is 11.5 Å². The van der Waals surface area contributed by atoms with Crippen molar-refractivity contribution in [3.63, 3.8) is 0 Å². The van der Waals surface area contributed by atoms with Gasteiger partial charge in [0.05, 0.1) is 11.3 Å². The molecule has 0 bridgehead atoms. The highest BCUT2D eigenvalue weighted by molar-refractivity contribution is 7.09. The standard InChI is InChI=1S/C20H17F3N4O2S/c21-20(22,23)14-9-5-4-8-13(14)11-26-19(29)17-15(24)16(27-30-17)18(28)25-10-12-6-2-1-3-7-12/h1-9H,10-11,24H2,(H,25,28)(H,26,29). The summed E-state index contributed by atoms with van der Waals surface area (Å²) in [6.45, 7) is -0.0895. The SMILES string of the molecule is Nc1c(C(=O)NCc2ccccc2)nsc1C(=O)NCc1ccccc1C(F)(F)F. The molecule has 0 aliphatic rings. The molecule has 0 atom stereocenters. The Hall–Kier alpha value is -3.40. The van der Waals surface area contributed by atoms with Crippen molar-refractivity contribution in [1.29, 1.82) is 0 Å². The molecule has 156 valence electrons. The van der Waals surface area contributed by atoms with Crippen molar-refractivity contribution in [2.24, 2.45) is 0 Å². The van der Waals surface area contributed by atoms with Gasteiger partial charge in [-0.3, -0.25) is 9.59 Å². The summed E-state index contributed by atoms with van der Waals surface area (Å²) in [6.07, 6.45) is -4.53. The van der Waals surface area contributed by atoms with Gasteiger partial charge >= 0.3 is 6.18 Å². The van der Waals surface area contributed by atoms with E-state index in [-0.39, 0.29) is 34.9 Å². The van der Waals surface area contributed by atoms with Crippen LogP contribution in [0.15, 0.2) is 54.6 Å². The molecule has 2 aromatic carbocycles. The van der Waals surface area contributed by atoms with E-state index < -0.39 is 23.6 Å². The molecule has 6 nitrogen and oxygen atoms in total. The molecule has 2 amide bonds. The number of benzene rings is 2. The van der Waals surface area contributed by atoms with Crippen LogP contribution in [0.3, 0.4) is 0 Å². The third-order valence-electron chi connectivity index (χ3n) is 4.21. The van der Waals surface area contributed by atoms with Gasteiger partial charge < -0.3 is 16.4 Å². The van der Waals surface area contributed by atoms with E-state index in [4.69, 9.17) is 5.73 Å². The van der Waals surface area contributed by atoms with E-state index in [2.05, 4.69) is 15.0 Å². The number of aromatic nitrogens is 1. The first-order valence-corrected chi connectivity index (χ1v) is 9.55. The monoisotopic (exact) mass is 434 g/mol. The number of carbonyl (C=O) groups is 2. The van der Waals surface area contributed by atoms with Crippen molar-refractivity contribution in [3.8, 4) is 0 Å². The minimum atomic E-state index is -4.53. The van der Waals surface area contributed by atoms with E-state index in [9.17, 15) is 22.8 Å². The molecule has 3 aromatic rings. The lowest BCUT2D eigenvalue weighted by Gasteiger charge is -2.13. The fourth-order valence-corrected chi connectivity index (χ4v) is 3.41. The normalized spacial score (nSPS) is 11.2. The molecule has 1 aromatic heterocycles.